The molecule has 0 amide bonds. The maximum atomic E-state index is 13.2. The largest absolute Gasteiger partial charge is 0.369 e. The minimum Gasteiger partial charge on any atom is -0.369 e. The summed E-state index contributed by atoms with van der Waals surface area (Å²) in [6.45, 7) is 10.4. The second-order valence-electron chi connectivity index (χ2n) is 8.03. The zero-order valence-electron chi connectivity index (χ0n) is 17.9. The van der Waals surface area contributed by atoms with Crippen molar-refractivity contribution >= 4 is 0 Å². The SMILES string of the molecule is CCn1cc(CN2CCOC(c3cc(Cc4ccc(F)cc4)cc(C)n3)C2)c(C)n1. The molecule has 1 fully saturated rings. The van der Waals surface area contributed by atoms with Crippen molar-refractivity contribution in [2.45, 2.75) is 46.4 Å². The maximum Gasteiger partial charge on any atom is 0.123 e. The van der Waals surface area contributed by atoms with Gasteiger partial charge in [0, 0.05) is 43.6 Å². The van der Waals surface area contributed by atoms with Crippen LogP contribution in [0.2, 0.25) is 0 Å². The van der Waals surface area contributed by atoms with E-state index in [0.717, 1.165) is 55.2 Å². The maximum absolute atomic E-state index is 13.2. The molecule has 2 aromatic heterocycles. The van der Waals surface area contributed by atoms with Crippen molar-refractivity contribution in [1.29, 1.82) is 0 Å². The van der Waals surface area contributed by atoms with Crippen LogP contribution in [-0.4, -0.2) is 39.4 Å². The van der Waals surface area contributed by atoms with E-state index in [1.54, 1.807) is 0 Å². The first-order valence-corrected chi connectivity index (χ1v) is 10.6. The molecule has 158 valence electrons. The minimum atomic E-state index is -0.208. The van der Waals surface area contributed by atoms with E-state index in [1.807, 2.05) is 23.7 Å². The second kappa shape index (κ2) is 9.06. The molecule has 1 aromatic carbocycles. The lowest BCUT2D eigenvalue weighted by atomic mass is 10.0. The minimum absolute atomic E-state index is 0.0489. The van der Waals surface area contributed by atoms with Crippen LogP contribution < -0.4 is 0 Å². The summed E-state index contributed by atoms with van der Waals surface area (Å²) in [5.74, 6) is -0.208. The number of nitrogens with zero attached hydrogens (tertiary/aromatic N) is 4. The second-order valence-corrected chi connectivity index (χ2v) is 8.03. The van der Waals surface area contributed by atoms with Gasteiger partial charge in [0.1, 0.15) is 11.9 Å². The monoisotopic (exact) mass is 408 g/mol. The Morgan fingerprint density at radius 2 is 1.93 bits per heavy atom. The van der Waals surface area contributed by atoms with Gasteiger partial charge in [-0.1, -0.05) is 12.1 Å². The molecule has 1 aliphatic heterocycles. The molecule has 0 radical (unpaired) electrons. The van der Waals surface area contributed by atoms with Gasteiger partial charge in [-0.3, -0.25) is 14.6 Å². The molecule has 1 unspecified atom stereocenters. The molecule has 1 atom stereocenters. The molecule has 3 heterocycles. The lowest BCUT2D eigenvalue weighted by Crippen LogP contribution is -2.38. The number of pyridine rings is 1. The molecule has 0 aliphatic carbocycles. The zero-order chi connectivity index (χ0) is 21.1. The van der Waals surface area contributed by atoms with Crippen LogP contribution in [-0.2, 0) is 24.2 Å². The summed E-state index contributed by atoms with van der Waals surface area (Å²) in [5.41, 5.74) is 6.57. The van der Waals surface area contributed by atoms with E-state index in [2.05, 4.69) is 42.2 Å². The fourth-order valence-electron chi connectivity index (χ4n) is 4.02. The van der Waals surface area contributed by atoms with Crippen molar-refractivity contribution in [1.82, 2.24) is 19.7 Å². The average Bonchev–Trinajstić information content (AvgIpc) is 3.09. The van der Waals surface area contributed by atoms with Gasteiger partial charge in [0.25, 0.3) is 0 Å². The van der Waals surface area contributed by atoms with E-state index in [-0.39, 0.29) is 11.9 Å². The number of aromatic nitrogens is 3. The number of rotatable bonds is 6. The first kappa shape index (κ1) is 20.7. The van der Waals surface area contributed by atoms with Gasteiger partial charge in [-0.05, 0) is 62.6 Å². The third-order valence-electron chi connectivity index (χ3n) is 5.60. The van der Waals surface area contributed by atoms with E-state index in [4.69, 9.17) is 9.72 Å². The standard InChI is InChI=1S/C24H29FN4O/c1-4-29-15-21(18(3)27-29)14-28-9-10-30-24(16-28)23-13-20(11-17(2)26-23)12-19-5-7-22(25)8-6-19/h5-8,11,13,15,24H,4,9-10,12,14,16H2,1-3H3. The van der Waals surface area contributed by atoms with Crippen LogP contribution >= 0.6 is 0 Å². The molecule has 0 spiro atoms. The summed E-state index contributed by atoms with van der Waals surface area (Å²) in [6.07, 6.45) is 2.85. The van der Waals surface area contributed by atoms with Gasteiger partial charge in [-0.25, -0.2) is 4.39 Å². The summed E-state index contributed by atoms with van der Waals surface area (Å²) < 4.78 is 21.3. The fraction of sp³-hybridized carbons (Fsp3) is 0.417. The van der Waals surface area contributed by atoms with Gasteiger partial charge in [-0.15, -0.1) is 0 Å². The molecule has 5 nitrogen and oxygen atoms in total. The Hall–Kier alpha value is -2.57. The highest BCUT2D eigenvalue weighted by atomic mass is 19.1. The quantitative estimate of drug-likeness (QED) is 0.613. The molecule has 0 saturated carbocycles. The summed E-state index contributed by atoms with van der Waals surface area (Å²) in [5, 5.41) is 4.56. The number of hydrogen-bond acceptors (Lipinski definition) is 4. The van der Waals surface area contributed by atoms with Gasteiger partial charge < -0.3 is 4.74 Å². The van der Waals surface area contributed by atoms with Gasteiger partial charge in [0.15, 0.2) is 0 Å². The topological polar surface area (TPSA) is 43.2 Å². The van der Waals surface area contributed by atoms with Crippen LogP contribution in [0.25, 0.3) is 0 Å². The van der Waals surface area contributed by atoms with Gasteiger partial charge in [0.05, 0.1) is 18.0 Å². The van der Waals surface area contributed by atoms with Crippen LogP contribution in [0, 0.1) is 19.7 Å². The fourth-order valence-corrected chi connectivity index (χ4v) is 4.02. The number of morpholine rings is 1. The Labute approximate surface area is 177 Å². The summed E-state index contributed by atoms with van der Waals surface area (Å²) >= 11 is 0. The smallest absolute Gasteiger partial charge is 0.123 e. The Morgan fingerprint density at radius 3 is 2.67 bits per heavy atom. The van der Waals surface area contributed by atoms with Crippen LogP contribution in [0.4, 0.5) is 4.39 Å². The van der Waals surface area contributed by atoms with Crippen molar-refractivity contribution in [3.05, 3.63) is 82.2 Å². The molecule has 30 heavy (non-hydrogen) atoms. The summed E-state index contributed by atoms with van der Waals surface area (Å²) in [7, 11) is 0. The Kier molecular flexibility index (Phi) is 6.25. The lowest BCUT2D eigenvalue weighted by Gasteiger charge is -2.32. The predicted molar refractivity (Wildman–Crippen MR) is 115 cm³/mol. The predicted octanol–water partition coefficient (Wildman–Crippen LogP) is 4.22. The first-order chi connectivity index (χ1) is 14.5. The van der Waals surface area contributed by atoms with Crippen LogP contribution in [0.1, 0.15) is 46.8 Å². The first-order valence-electron chi connectivity index (χ1n) is 10.6. The van der Waals surface area contributed by atoms with Crippen LogP contribution in [0.5, 0.6) is 0 Å². The molecule has 4 rings (SSSR count). The van der Waals surface area contributed by atoms with Gasteiger partial charge in [-0.2, -0.15) is 5.10 Å². The zero-order valence-corrected chi connectivity index (χ0v) is 17.9. The molecule has 3 aromatic rings. The highest BCUT2D eigenvalue weighted by Crippen LogP contribution is 2.24. The highest BCUT2D eigenvalue weighted by Gasteiger charge is 2.24. The molecule has 0 N–H and O–H groups in total. The Morgan fingerprint density at radius 1 is 1.13 bits per heavy atom. The van der Waals surface area contributed by atoms with Crippen molar-refractivity contribution in [2.75, 3.05) is 19.7 Å². The normalized spacial score (nSPS) is 17.4. The van der Waals surface area contributed by atoms with Crippen molar-refractivity contribution in [3.8, 4) is 0 Å². The van der Waals surface area contributed by atoms with E-state index in [1.165, 1.54) is 23.3 Å². The molecular formula is C24H29FN4O. The van der Waals surface area contributed by atoms with E-state index >= 15 is 0 Å². The Balaban J connectivity index is 1.48. The number of ether oxygens (including phenoxy) is 1. The van der Waals surface area contributed by atoms with Gasteiger partial charge in [0.2, 0.25) is 0 Å². The van der Waals surface area contributed by atoms with E-state index in [9.17, 15) is 4.39 Å². The van der Waals surface area contributed by atoms with E-state index in [0.29, 0.717) is 6.61 Å². The van der Waals surface area contributed by atoms with Crippen molar-refractivity contribution in [2.24, 2.45) is 0 Å². The molecule has 0 bridgehead atoms. The van der Waals surface area contributed by atoms with Crippen molar-refractivity contribution in [3.63, 3.8) is 0 Å². The Bertz CT molecular complexity index is 999. The van der Waals surface area contributed by atoms with Crippen LogP contribution in [0.3, 0.4) is 0 Å². The van der Waals surface area contributed by atoms with Crippen molar-refractivity contribution < 1.29 is 9.13 Å². The summed E-state index contributed by atoms with van der Waals surface area (Å²) in [6, 6.07) is 10.9. The third kappa shape index (κ3) is 4.94. The molecule has 1 saturated heterocycles. The van der Waals surface area contributed by atoms with E-state index < -0.39 is 0 Å². The lowest BCUT2D eigenvalue weighted by molar-refractivity contribution is -0.0351. The average molecular weight is 409 g/mol. The summed E-state index contributed by atoms with van der Waals surface area (Å²) in [4.78, 5) is 7.18. The van der Waals surface area contributed by atoms with Crippen LogP contribution in [0.15, 0.2) is 42.6 Å². The highest BCUT2D eigenvalue weighted by molar-refractivity contribution is 5.29. The van der Waals surface area contributed by atoms with Gasteiger partial charge >= 0.3 is 0 Å². The molecule has 1 aliphatic rings. The molecule has 6 heteroatoms. The third-order valence-corrected chi connectivity index (χ3v) is 5.60. The number of hydrogen-bond donors (Lipinski definition) is 0. The molecular weight excluding hydrogens is 379 g/mol. The number of halogens is 1. The number of benzene rings is 1. The number of aryl methyl sites for hydroxylation is 3.